The number of fused-ring (bicyclic) bond motifs is 1. The van der Waals surface area contributed by atoms with Crippen molar-refractivity contribution < 1.29 is 9.53 Å². The first-order chi connectivity index (χ1) is 12.4. The molecule has 0 atom stereocenters. The van der Waals surface area contributed by atoms with Crippen molar-refractivity contribution in [3.8, 4) is 0 Å². The van der Waals surface area contributed by atoms with E-state index in [1.54, 1.807) is 35.4 Å². The van der Waals surface area contributed by atoms with Crippen LogP contribution in [0.5, 0.6) is 0 Å². The number of anilines is 1. The van der Waals surface area contributed by atoms with Gasteiger partial charge in [-0.05, 0) is 24.2 Å². The molecule has 0 aliphatic heterocycles. The van der Waals surface area contributed by atoms with Gasteiger partial charge in [-0.2, -0.15) is 5.10 Å². The average molecular weight is 369 g/mol. The first-order valence-corrected chi connectivity index (χ1v) is 12.4. The molecule has 0 bridgehead atoms. The van der Waals surface area contributed by atoms with Gasteiger partial charge in [0.2, 0.25) is 0 Å². The summed E-state index contributed by atoms with van der Waals surface area (Å²) >= 11 is 0. The molecule has 6 nitrogen and oxygen atoms in total. The lowest BCUT2D eigenvalue weighted by atomic mass is 10.2. The second kappa shape index (κ2) is 7.80. The molecule has 3 aromatic rings. The summed E-state index contributed by atoms with van der Waals surface area (Å²) in [6, 6.07) is 10.3. The zero-order chi connectivity index (χ0) is 18.6. The predicted molar refractivity (Wildman–Crippen MR) is 106 cm³/mol. The van der Waals surface area contributed by atoms with Crippen LogP contribution in [0.4, 0.5) is 5.69 Å². The van der Waals surface area contributed by atoms with E-state index < -0.39 is 8.07 Å². The number of carbonyl (C=O) groups is 1. The van der Waals surface area contributed by atoms with Crippen molar-refractivity contribution in [3.05, 3.63) is 54.5 Å². The van der Waals surface area contributed by atoms with Crippen LogP contribution in [-0.4, -0.2) is 35.4 Å². The number of pyridine rings is 1. The predicted octanol–water partition coefficient (Wildman–Crippen LogP) is 4.00. The van der Waals surface area contributed by atoms with E-state index in [4.69, 9.17) is 4.74 Å². The van der Waals surface area contributed by atoms with Crippen molar-refractivity contribution in [3.63, 3.8) is 0 Å². The SMILES string of the molecule is C[Si](C)(C)CCOCn1ncc2cccc(NC(=O)c3cccnc3)c21. The number of carbonyl (C=O) groups excluding carboxylic acids is 1. The Morgan fingerprint density at radius 1 is 1.19 bits per heavy atom. The minimum absolute atomic E-state index is 0.196. The van der Waals surface area contributed by atoms with Crippen LogP contribution in [0.3, 0.4) is 0 Å². The summed E-state index contributed by atoms with van der Waals surface area (Å²) in [5, 5.41) is 8.32. The van der Waals surface area contributed by atoms with E-state index in [0.717, 1.165) is 23.6 Å². The highest BCUT2D eigenvalue weighted by Crippen LogP contribution is 2.24. The molecule has 2 heterocycles. The van der Waals surface area contributed by atoms with E-state index >= 15 is 0 Å². The summed E-state index contributed by atoms with van der Waals surface area (Å²) in [7, 11) is -1.12. The Bertz CT molecular complexity index is 887. The summed E-state index contributed by atoms with van der Waals surface area (Å²) in [5.74, 6) is -0.196. The highest BCUT2D eigenvalue weighted by molar-refractivity contribution is 6.76. The topological polar surface area (TPSA) is 69.0 Å². The van der Waals surface area contributed by atoms with Gasteiger partial charge in [-0.1, -0.05) is 31.8 Å². The third-order valence-corrected chi connectivity index (χ3v) is 5.75. The highest BCUT2D eigenvalue weighted by Gasteiger charge is 2.14. The van der Waals surface area contributed by atoms with Gasteiger partial charge in [-0.15, -0.1) is 0 Å². The molecule has 0 fully saturated rings. The molecular formula is C19H24N4O2Si. The maximum atomic E-state index is 12.5. The summed E-state index contributed by atoms with van der Waals surface area (Å²) in [6.07, 6.45) is 4.98. The second-order valence-electron chi connectivity index (χ2n) is 7.43. The molecule has 0 unspecified atom stereocenters. The van der Waals surface area contributed by atoms with Crippen molar-refractivity contribution >= 4 is 30.6 Å². The summed E-state index contributed by atoms with van der Waals surface area (Å²) in [4.78, 5) is 16.4. The van der Waals surface area contributed by atoms with Crippen molar-refractivity contribution in [2.45, 2.75) is 32.4 Å². The Morgan fingerprint density at radius 2 is 2.04 bits per heavy atom. The number of ether oxygens (including phenoxy) is 1. The summed E-state index contributed by atoms with van der Waals surface area (Å²) in [5.41, 5.74) is 2.09. The van der Waals surface area contributed by atoms with Crippen LogP contribution in [0.2, 0.25) is 25.7 Å². The molecule has 1 N–H and O–H groups in total. The molecule has 0 saturated heterocycles. The van der Waals surface area contributed by atoms with Crippen LogP contribution in [-0.2, 0) is 11.5 Å². The van der Waals surface area contributed by atoms with Crippen molar-refractivity contribution in [2.75, 3.05) is 11.9 Å². The number of para-hydroxylation sites is 1. The number of hydrogen-bond donors (Lipinski definition) is 1. The Hall–Kier alpha value is -2.51. The van der Waals surface area contributed by atoms with Crippen LogP contribution in [0.1, 0.15) is 10.4 Å². The number of benzene rings is 1. The Balaban J connectivity index is 1.76. The van der Waals surface area contributed by atoms with Gasteiger partial charge in [0.25, 0.3) is 5.91 Å². The summed E-state index contributed by atoms with van der Waals surface area (Å²) in [6.45, 7) is 8.07. The number of aromatic nitrogens is 3. The number of amides is 1. The highest BCUT2D eigenvalue weighted by atomic mass is 28.3. The van der Waals surface area contributed by atoms with E-state index in [0.29, 0.717) is 18.0 Å². The van der Waals surface area contributed by atoms with Gasteiger partial charge in [0.1, 0.15) is 6.73 Å². The van der Waals surface area contributed by atoms with E-state index in [-0.39, 0.29) is 5.91 Å². The molecular weight excluding hydrogens is 344 g/mol. The molecule has 2 aromatic heterocycles. The minimum atomic E-state index is -1.12. The van der Waals surface area contributed by atoms with Crippen LogP contribution in [0.25, 0.3) is 10.9 Å². The lowest BCUT2D eigenvalue weighted by Crippen LogP contribution is -2.22. The zero-order valence-electron chi connectivity index (χ0n) is 15.4. The van der Waals surface area contributed by atoms with Crippen molar-refractivity contribution in [1.82, 2.24) is 14.8 Å². The molecule has 1 amide bonds. The molecule has 0 radical (unpaired) electrons. The normalized spacial score (nSPS) is 11.7. The van der Waals surface area contributed by atoms with Crippen molar-refractivity contribution in [1.29, 1.82) is 0 Å². The molecule has 0 aliphatic rings. The van der Waals surface area contributed by atoms with Gasteiger partial charge in [-0.3, -0.25) is 9.78 Å². The van der Waals surface area contributed by atoms with Crippen LogP contribution >= 0.6 is 0 Å². The van der Waals surface area contributed by atoms with Crippen LogP contribution in [0.15, 0.2) is 48.9 Å². The number of nitrogens with zero attached hydrogens (tertiary/aromatic N) is 3. The molecule has 1 aromatic carbocycles. The fourth-order valence-corrected chi connectivity index (χ4v) is 3.32. The third-order valence-electron chi connectivity index (χ3n) is 4.04. The molecule has 0 saturated carbocycles. The molecule has 3 rings (SSSR count). The van der Waals surface area contributed by atoms with Gasteiger partial charge < -0.3 is 10.1 Å². The van der Waals surface area contributed by atoms with E-state index in [9.17, 15) is 4.79 Å². The lowest BCUT2D eigenvalue weighted by molar-refractivity contribution is 0.0817. The first-order valence-electron chi connectivity index (χ1n) is 8.68. The third kappa shape index (κ3) is 4.56. The fraction of sp³-hybridized carbons (Fsp3) is 0.316. The van der Waals surface area contributed by atoms with Gasteiger partial charge in [0.15, 0.2) is 0 Å². The Kier molecular flexibility index (Phi) is 5.48. The summed E-state index contributed by atoms with van der Waals surface area (Å²) < 4.78 is 7.61. The van der Waals surface area contributed by atoms with E-state index in [1.165, 1.54) is 0 Å². The monoisotopic (exact) mass is 368 g/mol. The molecule has 7 heteroatoms. The molecule has 26 heavy (non-hydrogen) atoms. The number of nitrogens with one attached hydrogen (secondary N) is 1. The first kappa shape index (κ1) is 18.3. The largest absolute Gasteiger partial charge is 0.360 e. The van der Waals surface area contributed by atoms with Crippen LogP contribution in [0, 0.1) is 0 Å². The average Bonchev–Trinajstić information content (AvgIpc) is 3.03. The van der Waals surface area contributed by atoms with E-state index in [2.05, 4.69) is 35.0 Å². The maximum Gasteiger partial charge on any atom is 0.257 e. The van der Waals surface area contributed by atoms with Gasteiger partial charge >= 0.3 is 0 Å². The molecule has 0 aliphatic carbocycles. The van der Waals surface area contributed by atoms with Gasteiger partial charge in [0, 0.05) is 32.5 Å². The van der Waals surface area contributed by atoms with Gasteiger partial charge in [-0.25, -0.2) is 4.68 Å². The second-order valence-corrected chi connectivity index (χ2v) is 13.1. The number of hydrogen-bond acceptors (Lipinski definition) is 4. The Labute approximate surface area is 154 Å². The van der Waals surface area contributed by atoms with Crippen molar-refractivity contribution in [2.24, 2.45) is 0 Å². The Morgan fingerprint density at radius 3 is 2.77 bits per heavy atom. The smallest absolute Gasteiger partial charge is 0.257 e. The molecule has 0 spiro atoms. The maximum absolute atomic E-state index is 12.5. The fourth-order valence-electron chi connectivity index (χ4n) is 2.56. The standard InChI is InChI=1S/C19H24N4O2Si/c1-26(2,3)11-10-25-14-23-18-15(13-21-23)6-4-8-17(18)22-19(24)16-7-5-9-20-12-16/h4-9,12-13H,10-11,14H2,1-3H3,(H,22,24). The van der Waals surface area contributed by atoms with Crippen LogP contribution < -0.4 is 5.32 Å². The lowest BCUT2D eigenvalue weighted by Gasteiger charge is -2.16. The minimum Gasteiger partial charge on any atom is -0.360 e. The molecule has 136 valence electrons. The van der Waals surface area contributed by atoms with Gasteiger partial charge in [0.05, 0.1) is 23.0 Å². The number of rotatable bonds is 7. The van der Waals surface area contributed by atoms with E-state index in [1.807, 2.05) is 18.2 Å². The quantitative estimate of drug-likeness (QED) is 0.506. The zero-order valence-corrected chi connectivity index (χ0v) is 16.4.